The van der Waals surface area contributed by atoms with Gasteiger partial charge in [-0.25, -0.2) is 4.39 Å². The van der Waals surface area contributed by atoms with E-state index in [4.69, 9.17) is 9.47 Å². The van der Waals surface area contributed by atoms with Crippen LogP contribution in [0.25, 0.3) is 0 Å². The molecule has 3 fully saturated rings. The maximum atomic E-state index is 13.7. The van der Waals surface area contributed by atoms with E-state index in [0.29, 0.717) is 24.6 Å². The van der Waals surface area contributed by atoms with Crippen molar-refractivity contribution in [2.45, 2.75) is 44.1 Å². The maximum Gasteiger partial charge on any atom is 0.227 e. The third kappa shape index (κ3) is 4.26. The Morgan fingerprint density at radius 3 is 2.81 bits per heavy atom. The van der Waals surface area contributed by atoms with Gasteiger partial charge in [-0.2, -0.15) is 0 Å². The van der Waals surface area contributed by atoms with Gasteiger partial charge in [0, 0.05) is 19.8 Å². The zero-order valence-electron chi connectivity index (χ0n) is 15.3. The number of hydrogen-bond acceptors (Lipinski definition) is 3. The summed E-state index contributed by atoms with van der Waals surface area (Å²) in [6, 6.07) is 6.49. The summed E-state index contributed by atoms with van der Waals surface area (Å²) in [4.78, 5) is 14.2. The summed E-state index contributed by atoms with van der Waals surface area (Å²) in [7, 11) is 0. The minimum Gasteiger partial charge on any atom is -0.381 e. The van der Waals surface area contributed by atoms with E-state index in [2.05, 4.69) is 0 Å². The van der Waals surface area contributed by atoms with Crippen LogP contribution in [0.2, 0.25) is 0 Å². The van der Waals surface area contributed by atoms with Gasteiger partial charge in [-0.15, -0.1) is 0 Å². The van der Waals surface area contributed by atoms with E-state index >= 15 is 0 Å². The minimum atomic E-state index is -0.309. The Balaban J connectivity index is 1.21. The van der Waals surface area contributed by atoms with Crippen molar-refractivity contribution in [2.75, 3.05) is 32.9 Å². The van der Waals surface area contributed by atoms with Gasteiger partial charge < -0.3 is 14.4 Å². The molecule has 1 saturated carbocycles. The molecule has 4 nitrogen and oxygen atoms in total. The normalized spacial score (nSPS) is 24.5. The first kappa shape index (κ1) is 17.9. The molecule has 2 saturated heterocycles. The van der Waals surface area contributed by atoms with Gasteiger partial charge in [-0.3, -0.25) is 4.79 Å². The molecule has 1 spiro atoms. The highest BCUT2D eigenvalue weighted by atomic mass is 19.1. The molecule has 2 heterocycles. The molecule has 1 aromatic rings. The summed E-state index contributed by atoms with van der Waals surface area (Å²) >= 11 is 0. The highest BCUT2D eigenvalue weighted by Crippen LogP contribution is 2.38. The molecule has 4 rings (SSSR count). The van der Waals surface area contributed by atoms with Crippen LogP contribution in [0.4, 0.5) is 4.39 Å². The number of likely N-dealkylation sites (tertiary alicyclic amines) is 1. The molecule has 1 atom stereocenters. The van der Waals surface area contributed by atoms with Crippen LogP contribution in [0.15, 0.2) is 24.3 Å². The highest BCUT2D eigenvalue weighted by molar-refractivity contribution is 5.80. The van der Waals surface area contributed by atoms with Gasteiger partial charge in [0.25, 0.3) is 0 Å². The average molecular weight is 361 g/mol. The van der Waals surface area contributed by atoms with E-state index in [0.717, 1.165) is 45.0 Å². The van der Waals surface area contributed by atoms with Crippen molar-refractivity contribution in [3.8, 4) is 0 Å². The fourth-order valence-electron chi connectivity index (χ4n) is 4.12. The lowest BCUT2D eigenvalue weighted by Gasteiger charge is -2.53. The van der Waals surface area contributed by atoms with Crippen LogP contribution in [0.5, 0.6) is 0 Å². The molecule has 0 aromatic heterocycles. The van der Waals surface area contributed by atoms with Crippen molar-refractivity contribution in [1.29, 1.82) is 0 Å². The zero-order valence-corrected chi connectivity index (χ0v) is 15.3. The number of nitrogens with zero attached hydrogens (tertiary/aromatic N) is 1. The summed E-state index contributed by atoms with van der Waals surface area (Å²) < 4.78 is 25.5. The molecule has 26 heavy (non-hydrogen) atoms. The van der Waals surface area contributed by atoms with Gasteiger partial charge >= 0.3 is 0 Å². The second-order valence-corrected chi connectivity index (χ2v) is 8.22. The van der Waals surface area contributed by atoms with Crippen molar-refractivity contribution < 1.29 is 18.7 Å². The van der Waals surface area contributed by atoms with Crippen LogP contribution >= 0.6 is 0 Å². The lowest BCUT2D eigenvalue weighted by molar-refractivity contribution is -0.188. The van der Waals surface area contributed by atoms with Gasteiger partial charge in [0.1, 0.15) is 11.4 Å². The fraction of sp³-hybridized carbons (Fsp3) is 0.667. The van der Waals surface area contributed by atoms with Gasteiger partial charge in [-0.1, -0.05) is 18.2 Å². The highest BCUT2D eigenvalue weighted by Gasteiger charge is 2.48. The summed E-state index contributed by atoms with van der Waals surface area (Å²) in [5.74, 6) is 1.11. The molecular weight excluding hydrogens is 333 g/mol. The fourth-order valence-corrected chi connectivity index (χ4v) is 4.12. The van der Waals surface area contributed by atoms with E-state index in [9.17, 15) is 9.18 Å². The molecule has 0 radical (unpaired) electrons. The topological polar surface area (TPSA) is 38.8 Å². The van der Waals surface area contributed by atoms with Crippen molar-refractivity contribution in [3.05, 3.63) is 35.6 Å². The lowest BCUT2D eigenvalue weighted by atomic mass is 9.79. The largest absolute Gasteiger partial charge is 0.381 e. The van der Waals surface area contributed by atoms with E-state index < -0.39 is 0 Å². The Morgan fingerprint density at radius 1 is 1.23 bits per heavy atom. The van der Waals surface area contributed by atoms with Crippen LogP contribution < -0.4 is 0 Å². The van der Waals surface area contributed by atoms with Gasteiger partial charge in [0.2, 0.25) is 5.91 Å². The van der Waals surface area contributed by atoms with Gasteiger partial charge in [0.15, 0.2) is 0 Å². The smallest absolute Gasteiger partial charge is 0.227 e. The molecule has 0 N–H and O–H groups in total. The number of benzene rings is 1. The first-order valence-corrected chi connectivity index (χ1v) is 9.86. The van der Waals surface area contributed by atoms with Crippen LogP contribution in [0.3, 0.4) is 0 Å². The molecule has 5 heteroatoms. The predicted octanol–water partition coefficient (Wildman–Crippen LogP) is 3.19. The van der Waals surface area contributed by atoms with Crippen LogP contribution in [0, 0.1) is 17.7 Å². The number of carbonyl (C=O) groups excluding carboxylic acids is 1. The molecule has 0 bridgehead atoms. The molecule has 1 aliphatic carbocycles. The number of ether oxygens (including phenoxy) is 2. The Hall–Kier alpha value is -1.46. The van der Waals surface area contributed by atoms with E-state index in [1.807, 2.05) is 0 Å². The van der Waals surface area contributed by atoms with Crippen molar-refractivity contribution in [1.82, 2.24) is 4.90 Å². The first-order chi connectivity index (χ1) is 12.6. The number of carbonyl (C=O) groups is 1. The number of halogens is 1. The summed E-state index contributed by atoms with van der Waals surface area (Å²) in [5, 5.41) is 0. The summed E-state index contributed by atoms with van der Waals surface area (Å²) in [6.45, 7) is 3.81. The number of rotatable bonds is 7. The molecule has 3 aliphatic rings. The Kier molecular flexibility index (Phi) is 5.28. The van der Waals surface area contributed by atoms with Crippen molar-refractivity contribution in [3.63, 3.8) is 0 Å². The predicted molar refractivity (Wildman–Crippen MR) is 96.3 cm³/mol. The number of hydrogen-bond donors (Lipinski definition) is 0. The Labute approximate surface area is 154 Å². The molecule has 1 aromatic carbocycles. The molecule has 1 amide bonds. The standard InChI is InChI=1S/C21H28FNO3/c22-19-4-2-1-3-18(19)11-20(24)23-14-21(15-23)12-16(8-10-26-21)7-9-25-13-17-5-6-17/h1-4,16-17H,5-15H2. The van der Waals surface area contributed by atoms with Crippen LogP contribution in [-0.2, 0) is 20.7 Å². The molecule has 142 valence electrons. The average Bonchev–Trinajstić information content (AvgIpc) is 3.43. The molecule has 1 unspecified atom stereocenters. The quantitative estimate of drug-likeness (QED) is 0.700. The van der Waals surface area contributed by atoms with E-state index in [-0.39, 0.29) is 23.7 Å². The Morgan fingerprint density at radius 2 is 2.04 bits per heavy atom. The van der Waals surface area contributed by atoms with Crippen LogP contribution in [-0.4, -0.2) is 49.3 Å². The van der Waals surface area contributed by atoms with Crippen molar-refractivity contribution in [2.24, 2.45) is 11.8 Å². The number of amides is 1. The first-order valence-electron chi connectivity index (χ1n) is 9.86. The van der Waals surface area contributed by atoms with Crippen molar-refractivity contribution >= 4 is 5.91 Å². The van der Waals surface area contributed by atoms with E-state index in [1.54, 1.807) is 23.1 Å². The Bertz CT molecular complexity index is 640. The third-order valence-electron chi connectivity index (χ3n) is 5.93. The lowest BCUT2D eigenvalue weighted by Crippen LogP contribution is -2.66. The van der Waals surface area contributed by atoms with Gasteiger partial charge in [-0.05, 0) is 55.6 Å². The van der Waals surface area contributed by atoms with E-state index in [1.165, 1.54) is 18.9 Å². The maximum absolute atomic E-state index is 13.7. The molecular formula is C21H28FNO3. The zero-order chi connectivity index (χ0) is 18.0. The monoisotopic (exact) mass is 361 g/mol. The third-order valence-corrected chi connectivity index (χ3v) is 5.93. The minimum absolute atomic E-state index is 0.0146. The molecule has 2 aliphatic heterocycles. The summed E-state index contributed by atoms with van der Waals surface area (Å²) in [6.07, 6.45) is 5.96. The summed E-state index contributed by atoms with van der Waals surface area (Å²) in [5.41, 5.74) is 0.290. The van der Waals surface area contributed by atoms with Gasteiger partial charge in [0.05, 0.1) is 19.5 Å². The SMILES string of the molecule is O=C(Cc1ccccc1F)N1CC2(CC(CCOCC3CC3)CCO2)C1. The second kappa shape index (κ2) is 7.65. The second-order valence-electron chi connectivity index (χ2n) is 8.22. The van der Waals surface area contributed by atoms with Crippen LogP contribution in [0.1, 0.15) is 37.7 Å².